The molecule has 0 amide bonds. The van der Waals surface area contributed by atoms with Crippen LogP contribution < -0.4 is 4.74 Å². The molecule has 1 aliphatic rings. The molecule has 3 heteroatoms. The Morgan fingerprint density at radius 1 is 1.38 bits per heavy atom. The fourth-order valence-electron chi connectivity index (χ4n) is 1.24. The zero-order valence-electron chi connectivity index (χ0n) is 7.01. The second kappa shape index (κ2) is 3.09. The summed E-state index contributed by atoms with van der Waals surface area (Å²) in [4.78, 5) is 10.5. The average Bonchev–Trinajstić information content (AvgIpc) is 2.86. The maximum Gasteiger partial charge on any atom is 0.310 e. The van der Waals surface area contributed by atoms with Crippen LogP contribution in [0.25, 0.3) is 0 Å². The lowest BCUT2D eigenvalue weighted by molar-refractivity contribution is -0.139. The van der Waals surface area contributed by atoms with Crippen molar-refractivity contribution < 1.29 is 14.6 Å². The molecule has 1 fully saturated rings. The molecule has 0 saturated heterocycles. The Bertz CT molecular complexity index is 307. The molecular formula is C10H10O3. The smallest absolute Gasteiger partial charge is 0.310 e. The molecule has 0 radical (unpaired) electrons. The van der Waals surface area contributed by atoms with Gasteiger partial charge in [-0.15, -0.1) is 0 Å². The van der Waals surface area contributed by atoms with Gasteiger partial charge >= 0.3 is 5.97 Å². The first kappa shape index (κ1) is 8.10. The number of hydrogen-bond acceptors (Lipinski definition) is 2. The van der Waals surface area contributed by atoms with Crippen LogP contribution in [0.3, 0.4) is 0 Å². The Balaban J connectivity index is 1.92. The van der Waals surface area contributed by atoms with Crippen LogP contribution in [0.2, 0.25) is 0 Å². The molecular weight excluding hydrogens is 168 g/mol. The summed E-state index contributed by atoms with van der Waals surface area (Å²) in [6.45, 7) is 0. The first-order valence-corrected chi connectivity index (χ1v) is 4.22. The van der Waals surface area contributed by atoms with Crippen molar-refractivity contribution in [1.82, 2.24) is 0 Å². The maximum absolute atomic E-state index is 10.5. The summed E-state index contributed by atoms with van der Waals surface area (Å²) in [5.74, 6) is -0.322. The number of ether oxygens (including phenoxy) is 1. The monoisotopic (exact) mass is 178 g/mol. The first-order chi connectivity index (χ1) is 6.27. The molecule has 1 aliphatic carbocycles. The van der Waals surface area contributed by atoms with Gasteiger partial charge in [0.25, 0.3) is 0 Å². The third-order valence-electron chi connectivity index (χ3n) is 2.08. The summed E-state index contributed by atoms with van der Waals surface area (Å²) in [7, 11) is 0. The van der Waals surface area contributed by atoms with E-state index in [9.17, 15) is 4.79 Å². The highest BCUT2D eigenvalue weighted by Crippen LogP contribution is 2.34. The van der Waals surface area contributed by atoms with Crippen LogP contribution in [0.1, 0.15) is 6.42 Å². The van der Waals surface area contributed by atoms with Crippen molar-refractivity contribution in [3.63, 3.8) is 0 Å². The quantitative estimate of drug-likeness (QED) is 0.763. The Kier molecular flexibility index (Phi) is 1.93. The third-order valence-corrected chi connectivity index (χ3v) is 2.08. The van der Waals surface area contributed by atoms with Gasteiger partial charge in [-0.1, -0.05) is 18.2 Å². The number of para-hydroxylation sites is 1. The molecule has 2 rings (SSSR count). The number of benzene rings is 1. The summed E-state index contributed by atoms with van der Waals surface area (Å²) in [6.07, 6.45) is 0.504. The molecule has 13 heavy (non-hydrogen) atoms. The van der Waals surface area contributed by atoms with E-state index in [0.717, 1.165) is 5.75 Å². The van der Waals surface area contributed by atoms with Crippen LogP contribution in [0.4, 0.5) is 0 Å². The molecule has 1 saturated carbocycles. The van der Waals surface area contributed by atoms with Crippen molar-refractivity contribution in [3.05, 3.63) is 30.3 Å². The van der Waals surface area contributed by atoms with Gasteiger partial charge in [0.05, 0.1) is 5.92 Å². The highest BCUT2D eigenvalue weighted by Gasteiger charge is 2.45. The molecule has 68 valence electrons. The van der Waals surface area contributed by atoms with E-state index in [-0.39, 0.29) is 12.0 Å². The Morgan fingerprint density at radius 2 is 2.08 bits per heavy atom. The Morgan fingerprint density at radius 3 is 2.62 bits per heavy atom. The number of carbonyl (C=O) groups is 1. The van der Waals surface area contributed by atoms with E-state index in [1.54, 1.807) is 0 Å². The van der Waals surface area contributed by atoms with E-state index < -0.39 is 5.97 Å². The van der Waals surface area contributed by atoms with Crippen molar-refractivity contribution in [2.45, 2.75) is 12.5 Å². The number of aliphatic carboxylic acids is 1. The van der Waals surface area contributed by atoms with Gasteiger partial charge in [0.1, 0.15) is 11.9 Å². The summed E-state index contributed by atoms with van der Waals surface area (Å²) < 4.78 is 5.42. The number of rotatable bonds is 3. The van der Waals surface area contributed by atoms with Crippen LogP contribution in [-0.2, 0) is 4.79 Å². The van der Waals surface area contributed by atoms with E-state index >= 15 is 0 Å². The molecule has 0 aliphatic heterocycles. The molecule has 1 aromatic carbocycles. The lowest BCUT2D eigenvalue weighted by Gasteiger charge is -2.02. The second-order valence-corrected chi connectivity index (χ2v) is 3.15. The number of hydrogen-bond donors (Lipinski definition) is 1. The van der Waals surface area contributed by atoms with E-state index in [1.165, 1.54) is 0 Å². The predicted octanol–water partition coefficient (Wildman–Crippen LogP) is 1.54. The van der Waals surface area contributed by atoms with Crippen molar-refractivity contribution >= 4 is 5.97 Å². The number of carboxylic acid groups (broad SMARTS) is 1. The zero-order chi connectivity index (χ0) is 9.26. The van der Waals surface area contributed by atoms with Gasteiger partial charge in [0.15, 0.2) is 0 Å². The summed E-state index contributed by atoms with van der Waals surface area (Å²) in [5.41, 5.74) is 0. The van der Waals surface area contributed by atoms with E-state index in [1.807, 2.05) is 30.3 Å². The largest absolute Gasteiger partial charge is 0.490 e. The van der Waals surface area contributed by atoms with E-state index in [0.29, 0.717) is 6.42 Å². The van der Waals surface area contributed by atoms with Gasteiger partial charge in [-0.3, -0.25) is 4.79 Å². The lowest BCUT2D eigenvalue weighted by Crippen LogP contribution is -2.07. The molecule has 0 unspecified atom stereocenters. The normalized spacial score (nSPS) is 25.2. The Labute approximate surface area is 76.0 Å². The molecule has 0 spiro atoms. The lowest BCUT2D eigenvalue weighted by atomic mass is 10.3. The van der Waals surface area contributed by atoms with Crippen molar-refractivity contribution in [2.75, 3.05) is 0 Å². The molecule has 0 heterocycles. The molecule has 1 N–H and O–H groups in total. The van der Waals surface area contributed by atoms with E-state index in [2.05, 4.69) is 0 Å². The summed E-state index contributed by atoms with van der Waals surface area (Å²) in [5, 5.41) is 8.62. The van der Waals surface area contributed by atoms with Crippen molar-refractivity contribution in [3.8, 4) is 5.75 Å². The Hall–Kier alpha value is -1.51. The highest BCUT2D eigenvalue weighted by molar-refractivity contribution is 5.74. The molecule has 0 aromatic heterocycles. The van der Waals surface area contributed by atoms with Crippen LogP contribution in [0.15, 0.2) is 30.3 Å². The van der Waals surface area contributed by atoms with Crippen molar-refractivity contribution in [1.29, 1.82) is 0 Å². The minimum absolute atomic E-state index is 0.125. The van der Waals surface area contributed by atoms with Crippen molar-refractivity contribution in [2.24, 2.45) is 5.92 Å². The molecule has 1 aromatic rings. The molecule has 0 bridgehead atoms. The summed E-state index contributed by atoms with van der Waals surface area (Å²) >= 11 is 0. The fraction of sp³-hybridized carbons (Fsp3) is 0.300. The minimum Gasteiger partial charge on any atom is -0.490 e. The third kappa shape index (κ3) is 1.80. The standard InChI is InChI=1S/C10H10O3/c11-10(12)8-6-9(8)13-7-4-2-1-3-5-7/h1-5,8-9H,6H2,(H,11,12)/t8-,9+/m0/s1. The first-order valence-electron chi connectivity index (χ1n) is 4.22. The van der Waals surface area contributed by atoms with Gasteiger partial charge in [-0.25, -0.2) is 0 Å². The van der Waals surface area contributed by atoms with Crippen LogP contribution in [-0.4, -0.2) is 17.2 Å². The van der Waals surface area contributed by atoms with Gasteiger partial charge in [-0.05, 0) is 12.1 Å². The minimum atomic E-state index is -0.763. The van der Waals surface area contributed by atoms with Gasteiger partial charge in [0.2, 0.25) is 0 Å². The topological polar surface area (TPSA) is 46.5 Å². The van der Waals surface area contributed by atoms with Crippen LogP contribution in [0.5, 0.6) is 5.75 Å². The highest BCUT2D eigenvalue weighted by atomic mass is 16.5. The SMILES string of the molecule is O=C(O)[C@H]1C[C@H]1Oc1ccccc1. The van der Waals surface area contributed by atoms with Gasteiger partial charge in [0, 0.05) is 6.42 Å². The second-order valence-electron chi connectivity index (χ2n) is 3.15. The zero-order valence-corrected chi connectivity index (χ0v) is 7.01. The molecule has 2 atom stereocenters. The predicted molar refractivity (Wildman–Crippen MR) is 46.6 cm³/mol. The summed E-state index contributed by atoms with van der Waals surface area (Å²) in [6, 6.07) is 9.30. The van der Waals surface area contributed by atoms with E-state index in [4.69, 9.17) is 9.84 Å². The molecule has 3 nitrogen and oxygen atoms in total. The van der Waals surface area contributed by atoms with Gasteiger partial charge in [-0.2, -0.15) is 0 Å². The maximum atomic E-state index is 10.5. The van der Waals surface area contributed by atoms with Gasteiger partial charge < -0.3 is 9.84 Å². The fourth-order valence-corrected chi connectivity index (χ4v) is 1.24. The van der Waals surface area contributed by atoms with Crippen LogP contribution in [0, 0.1) is 5.92 Å². The van der Waals surface area contributed by atoms with Crippen LogP contribution >= 0.6 is 0 Å². The average molecular weight is 178 g/mol. The number of carboxylic acids is 1.